The van der Waals surface area contributed by atoms with Crippen LogP contribution in [0.25, 0.3) is 0 Å². The van der Waals surface area contributed by atoms with Gasteiger partial charge in [0.15, 0.2) is 6.10 Å². The molecular weight excluding hydrogens is 416 g/mol. The number of carbonyl (C=O) groups excluding carboxylic acids is 1. The predicted octanol–water partition coefficient (Wildman–Crippen LogP) is 3.10. The smallest absolute Gasteiger partial charge is 0.273 e. The maximum Gasteiger partial charge on any atom is 0.273 e. The molecule has 2 aromatic rings. The summed E-state index contributed by atoms with van der Waals surface area (Å²) in [4.78, 5) is 11.8. The Labute approximate surface area is 143 Å². The monoisotopic (exact) mass is 426 g/mol. The maximum atomic E-state index is 11.8. The van der Waals surface area contributed by atoms with Gasteiger partial charge >= 0.3 is 0 Å². The first-order valence-electron chi connectivity index (χ1n) is 6.23. The standard InChI is InChI=1S/C15H12Br2N2O3/c16-11-7-12(17)13(20)6-10(11)8-18-19-15(22)14(21)9-4-2-1-3-5-9/h1-8,14,20-21H,(H,19,22). The number of hydrazone groups is 1. The van der Waals surface area contributed by atoms with Crippen LogP contribution >= 0.6 is 31.9 Å². The molecule has 1 atom stereocenters. The number of hydrogen-bond donors (Lipinski definition) is 3. The molecule has 22 heavy (non-hydrogen) atoms. The number of carbonyl (C=O) groups is 1. The van der Waals surface area contributed by atoms with Crippen LogP contribution < -0.4 is 5.43 Å². The van der Waals surface area contributed by atoms with E-state index >= 15 is 0 Å². The van der Waals surface area contributed by atoms with Gasteiger partial charge < -0.3 is 10.2 Å². The van der Waals surface area contributed by atoms with Gasteiger partial charge in [-0.1, -0.05) is 46.3 Å². The fourth-order valence-corrected chi connectivity index (χ4v) is 2.76. The van der Waals surface area contributed by atoms with E-state index in [1.165, 1.54) is 12.3 Å². The highest BCUT2D eigenvalue weighted by Crippen LogP contribution is 2.29. The highest BCUT2D eigenvalue weighted by Gasteiger charge is 2.16. The Hall–Kier alpha value is -1.70. The lowest BCUT2D eigenvalue weighted by atomic mass is 10.1. The summed E-state index contributed by atoms with van der Waals surface area (Å²) in [6, 6.07) is 11.7. The molecule has 0 heterocycles. The number of hydrogen-bond acceptors (Lipinski definition) is 4. The molecule has 0 radical (unpaired) electrons. The van der Waals surface area contributed by atoms with Crippen molar-refractivity contribution in [1.82, 2.24) is 5.43 Å². The Kier molecular flexibility index (Phi) is 5.70. The van der Waals surface area contributed by atoms with Crippen molar-refractivity contribution in [3.63, 3.8) is 0 Å². The van der Waals surface area contributed by atoms with Gasteiger partial charge in [-0.15, -0.1) is 0 Å². The Morgan fingerprint density at radius 3 is 2.55 bits per heavy atom. The molecule has 3 N–H and O–H groups in total. The van der Waals surface area contributed by atoms with Crippen LogP contribution in [0, 0.1) is 0 Å². The third-order valence-corrected chi connectivity index (χ3v) is 4.13. The fourth-order valence-electron chi connectivity index (χ4n) is 1.67. The zero-order chi connectivity index (χ0) is 16.1. The zero-order valence-electron chi connectivity index (χ0n) is 11.2. The summed E-state index contributed by atoms with van der Waals surface area (Å²) < 4.78 is 1.24. The van der Waals surface area contributed by atoms with Crippen molar-refractivity contribution in [3.05, 3.63) is 62.5 Å². The number of halogens is 2. The summed E-state index contributed by atoms with van der Waals surface area (Å²) in [5.74, 6) is -0.583. The van der Waals surface area contributed by atoms with E-state index in [0.29, 0.717) is 20.1 Å². The maximum absolute atomic E-state index is 11.8. The number of phenolic OH excluding ortho intramolecular Hbond substituents is 1. The normalized spacial score (nSPS) is 12.3. The van der Waals surface area contributed by atoms with Crippen LogP contribution in [0.5, 0.6) is 5.75 Å². The fraction of sp³-hybridized carbons (Fsp3) is 0.0667. The van der Waals surface area contributed by atoms with Crippen molar-refractivity contribution < 1.29 is 15.0 Å². The van der Waals surface area contributed by atoms with Crippen molar-refractivity contribution in [2.75, 3.05) is 0 Å². The molecule has 0 aliphatic carbocycles. The summed E-state index contributed by atoms with van der Waals surface area (Å²) in [7, 11) is 0. The van der Waals surface area contributed by atoms with Crippen LogP contribution in [0.3, 0.4) is 0 Å². The minimum Gasteiger partial charge on any atom is -0.507 e. The van der Waals surface area contributed by atoms with Crippen molar-refractivity contribution in [3.8, 4) is 5.75 Å². The summed E-state index contributed by atoms with van der Waals surface area (Å²) in [6.07, 6.45) is 0.0754. The Bertz CT molecular complexity index is 705. The lowest BCUT2D eigenvalue weighted by Crippen LogP contribution is -2.25. The molecule has 0 aromatic heterocycles. The molecule has 1 amide bonds. The molecule has 0 fully saturated rings. The van der Waals surface area contributed by atoms with Gasteiger partial charge in [-0.05, 0) is 33.6 Å². The first-order valence-corrected chi connectivity index (χ1v) is 7.81. The van der Waals surface area contributed by atoms with Gasteiger partial charge in [0.25, 0.3) is 5.91 Å². The van der Waals surface area contributed by atoms with E-state index < -0.39 is 12.0 Å². The van der Waals surface area contributed by atoms with Crippen LogP contribution in [0.4, 0.5) is 0 Å². The number of amides is 1. The van der Waals surface area contributed by atoms with Crippen molar-refractivity contribution in [1.29, 1.82) is 0 Å². The zero-order valence-corrected chi connectivity index (χ0v) is 14.4. The van der Waals surface area contributed by atoms with Gasteiger partial charge in [-0.3, -0.25) is 4.79 Å². The second-order valence-corrected chi connectivity index (χ2v) is 6.08. The number of benzene rings is 2. The van der Waals surface area contributed by atoms with E-state index in [1.54, 1.807) is 36.4 Å². The van der Waals surface area contributed by atoms with Gasteiger partial charge in [0.1, 0.15) is 5.75 Å². The molecule has 0 aliphatic rings. The van der Waals surface area contributed by atoms with Gasteiger partial charge in [0.05, 0.1) is 10.7 Å². The van der Waals surface area contributed by atoms with E-state index in [0.717, 1.165) is 0 Å². The molecule has 114 valence electrons. The number of aliphatic hydroxyl groups excluding tert-OH is 1. The number of rotatable bonds is 4. The van der Waals surface area contributed by atoms with Gasteiger partial charge in [0, 0.05) is 10.0 Å². The van der Waals surface area contributed by atoms with E-state index in [4.69, 9.17) is 0 Å². The molecule has 0 saturated heterocycles. The summed E-state index contributed by atoms with van der Waals surface area (Å²) in [6.45, 7) is 0. The van der Waals surface area contributed by atoms with Gasteiger partial charge in [-0.25, -0.2) is 5.43 Å². The molecule has 5 nitrogen and oxygen atoms in total. The SMILES string of the molecule is O=C(NN=Cc1cc(O)c(Br)cc1Br)C(O)c1ccccc1. The summed E-state index contributed by atoms with van der Waals surface area (Å²) in [5.41, 5.74) is 3.32. The van der Waals surface area contributed by atoms with E-state index in [9.17, 15) is 15.0 Å². The molecular formula is C15H12Br2N2O3. The first-order chi connectivity index (χ1) is 10.5. The van der Waals surface area contributed by atoms with E-state index in [-0.39, 0.29) is 5.75 Å². The second kappa shape index (κ2) is 7.53. The quantitative estimate of drug-likeness (QED) is 0.518. The molecule has 0 saturated carbocycles. The van der Waals surface area contributed by atoms with Crippen LogP contribution in [-0.2, 0) is 4.79 Å². The Balaban J connectivity index is 2.03. The Morgan fingerprint density at radius 1 is 1.18 bits per heavy atom. The molecule has 7 heteroatoms. The van der Waals surface area contributed by atoms with Crippen molar-refractivity contribution in [2.45, 2.75) is 6.10 Å². The van der Waals surface area contributed by atoms with Gasteiger partial charge in [-0.2, -0.15) is 5.10 Å². The first kappa shape index (κ1) is 16.7. The predicted molar refractivity (Wildman–Crippen MR) is 90.6 cm³/mol. The third-order valence-electron chi connectivity index (χ3n) is 2.81. The highest BCUT2D eigenvalue weighted by molar-refractivity contribution is 9.11. The van der Waals surface area contributed by atoms with Crippen molar-refractivity contribution in [2.24, 2.45) is 5.10 Å². The highest BCUT2D eigenvalue weighted by atomic mass is 79.9. The Morgan fingerprint density at radius 2 is 1.86 bits per heavy atom. The largest absolute Gasteiger partial charge is 0.507 e. The van der Waals surface area contributed by atoms with Crippen LogP contribution in [-0.4, -0.2) is 22.3 Å². The minimum absolute atomic E-state index is 0.0558. The number of aromatic hydroxyl groups is 1. The molecule has 0 aliphatic heterocycles. The van der Waals surface area contributed by atoms with Crippen LogP contribution in [0.1, 0.15) is 17.2 Å². The van der Waals surface area contributed by atoms with Gasteiger partial charge in [0.2, 0.25) is 0 Å². The van der Waals surface area contributed by atoms with Crippen LogP contribution in [0.2, 0.25) is 0 Å². The van der Waals surface area contributed by atoms with Crippen molar-refractivity contribution >= 4 is 44.0 Å². The lowest BCUT2D eigenvalue weighted by molar-refractivity contribution is -0.129. The average Bonchev–Trinajstić information content (AvgIpc) is 2.52. The molecule has 0 spiro atoms. The molecule has 2 rings (SSSR count). The average molecular weight is 428 g/mol. The number of nitrogens with one attached hydrogen (secondary N) is 1. The number of phenols is 1. The molecule has 2 aromatic carbocycles. The minimum atomic E-state index is -1.29. The summed E-state index contributed by atoms with van der Waals surface area (Å²) in [5, 5.41) is 23.3. The summed E-state index contributed by atoms with van der Waals surface area (Å²) >= 11 is 6.51. The molecule has 1 unspecified atom stereocenters. The van der Waals surface area contributed by atoms with E-state index in [2.05, 4.69) is 42.4 Å². The topological polar surface area (TPSA) is 81.9 Å². The third kappa shape index (κ3) is 4.16. The van der Waals surface area contributed by atoms with E-state index in [1.807, 2.05) is 0 Å². The second-order valence-electron chi connectivity index (χ2n) is 4.37. The molecule has 0 bridgehead atoms. The number of aliphatic hydroxyl groups is 1. The number of nitrogens with zero attached hydrogens (tertiary/aromatic N) is 1. The van der Waals surface area contributed by atoms with Crippen LogP contribution in [0.15, 0.2) is 56.5 Å². The lowest BCUT2D eigenvalue weighted by Gasteiger charge is -2.08.